The monoisotopic (exact) mass is 276 g/mol. The van der Waals surface area contributed by atoms with Gasteiger partial charge in [0.15, 0.2) is 0 Å². The predicted molar refractivity (Wildman–Crippen MR) is 83.8 cm³/mol. The summed E-state index contributed by atoms with van der Waals surface area (Å²) in [6.45, 7) is 11.9. The molecule has 0 atom stereocenters. The molecule has 0 saturated heterocycles. The lowest BCUT2D eigenvalue weighted by Crippen LogP contribution is -2.32. The lowest BCUT2D eigenvalue weighted by Gasteiger charge is -2.26. The SMILES string of the molecule is CC(C)CN(CC(C)C)c1ncc(CNC2CC2)cn1. The lowest BCUT2D eigenvalue weighted by molar-refractivity contribution is 0.543. The Morgan fingerprint density at radius 3 is 2.10 bits per heavy atom. The van der Waals surface area contributed by atoms with Crippen LogP contribution in [0.15, 0.2) is 12.4 Å². The number of nitrogens with zero attached hydrogens (tertiary/aromatic N) is 3. The largest absolute Gasteiger partial charge is 0.340 e. The van der Waals surface area contributed by atoms with E-state index in [1.54, 1.807) is 0 Å². The van der Waals surface area contributed by atoms with E-state index < -0.39 is 0 Å². The molecule has 0 radical (unpaired) electrons. The second-order valence-electron chi connectivity index (χ2n) is 6.74. The Hall–Kier alpha value is -1.16. The summed E-state index contributed by atoms with van der Waals surface area (Å²) in [7, 11) is 0. The summed E-state index contributed by atoms with van der Waals surface area (Å²) in [5.74, 6) is 2.10. The Morgan fingerprint density at radius 1 is 1.10 bits per heavy atom. The molecule has 1 heterocycles. The highest BCUT2D eigenvalue weighted by Gasteiger charge is 2.20. The van der Waals surface area contributed by atoms with Gasteiger partial charge in [-0.1, -0.05) is 27.7 Å². The minimum absolute atomic E-state index is 0.619. The molecule has 112 valence electrons. The van der Waals surface area contributed by atoms with Crippen LogP contribution >= 0.6 is 0 Å². The zero-order valence-electron chi connectivity index (χ0n) is 13.3. The smallest absolute Gasteiger partial charge is 0.225 e. The van der Waals surface area contributed by atoms with Crippen molar-refractivity contribution in [3.05, 3.63) is 18.0 Å². The molecule has 4 heteroatoms. The van der Waals surface area contributed by atoms with E-state index in [2.05, 4.69) is 47.9 Å². The minimum Gasteiger partial charge on any atom is -0.340 e. The normalized spacial score (nSPS) is 15.1. The Morgan fingerprint density at radius 2 is 1.65 bits per heavy atom. The second-order valence-corrected chi connectivity index (χ2v) is 6.74. The predicted octanol–water partition coefficient (Wildman–Crippen LogP) is 2.85. The quantitative estimate of drug-likeness (QED) is 0.792. The highest BCUT2D eigenvalue weighted by molar-refractivity contribution is 5.30. The number of anilines is 1. The molecule has 0 unspecified atom stereocenters. The van der Waals surface area contributed by atoms with Gasteiger partial charge in [-0.25, -0.2) is 9.97 Å². The molecular formula is C16H28N4. The van der Waals surface area contributed by atoms with E-state index in [-0.39, 0.29) is 0 Å². The highest BCUT2D eigenvalue weighted by Crippen LogP contribution is 2.19. The van der Waals surface area contributed by atoms with Crippen LogP contribution in [0.2, 0.25) is 0 Å². The van der Waals surface area contributed by atoms with Crippen LogP contribution in [0.25, 0.3) is 0 Å². The van der Waals surface area contributed by atoms with E-state index in [0.717, 1.165) is 31.6 Å². The topological polar surface area (TPSA) is 41.1 Å². The third-order valence-electron chi connectivity index (χ3n) is 3.32. The van der Waals surface area contributed by atoms with Gasteiger partial charge in [0.05, 0.1) is 0 Å². The van der Waals surface area contributed by atoms with E-state index in [0.29, 0.717) is 11.8 Å². The first-order valence-electron chi connectivity index (χ1n) is 7.84. The maximum Gasteiger partial charge on any atom is 0.225 e. The van der Waals surface area contributed by atoms with Crippen molar-refractivity contribution in [3.63, 3.8) is 0 Å². The average molecular weight is 276 g/mol. The zero-order valence-corrected chi connectivity index (χ0v) is 13.3. The first kappa shape index (κ1) is 15.2. The van der Waals surface area contributed by atoms with Gasteiger partial charge < -0.3 is 10.2 Å². The summed E-state index contributed by atoms with van der Waals surface area (Å²) in [5, 5.41) is 3.49. The van der Waals surface area contributed by atoms with E-state index in [1.807, 2.05) is 12.4 Å². The first-order chi connectivity index (χ1) is 9.54. The summed E-state index contributed by atoms with van der Waals surface area (Å²) in [6, 6.07) is 0.730. The molecule has 1 N–H and O–H groups in total. The third kappa shape index (κ3) is 5.08. The van der Waals surface area contributed by atoms with Crippen LogP contribution < -0.4 is 10.2 Å². The van der Waals surface area contributed by atoms with Crippen molar-refractivity contribution in [2.24, 2.45) is 11.8 Å². The molecular weight excluding hydrogens is 248 g/mol. The van der Waals surface area contributed by atoms with E-state index in [4.69, 9.17) is 0 Å². The second kappa shape index (κ2) is 7.02. The zero-order chi connectivity index (χ0) is 14.5. The van der Waals surface area contributed by atoms with E-state index in [1.165, 1.54) is 18.4 Å². The van der Waals surface area contributed by atoms with Crippen molar-refractivity contribution in [2.75, 3.05) is 18.0 Å². The Labute approximate surface area is 123 Å². The fraction of sp³-hybridized carbons (Fsp3) is 0.750. The molecule has 4 nitrogen and oxygen atoms in total. The molecule has 0 spiro atoms. The average Bonchev–Trinajstić information content (AvgIpc) is 3.19. The van der Waals surface area contributed by atoms with Crippen LogP contribution in [0.1, 0.15) is 46.1 Å². The number of rotatable bonds is 8. The van der Waals surface area contributed by atoms with Gasteiger partial charge in [0.2, 0.25) is 5.95 Å². The molecule has 1 fully saturated rings. The fourth-order valence-corrected chi connectivity index (χ4v) is 2.27. The van der Waals surface area contributed by atoms with Gasteiger partial charge in [-0.3, -0.25) is 0 Å². The Balaban J connectivity index is 1.96. The summed E-state index contributed by atoms with van der Waals surface area (Å²) >= 11 is 0. The van der Waals surface area contributed by atoms with Gasteiger partial charge in [-0.2, -0.15) is 0 Å². The van der Waals surface area contributed by atoms with Gasteiger partial charge >= 0.3 is 0 Å². The van der Waals surface area contributed by atoms with E-state index in [9.17, 15) is 0 Å². The Bertz CT molecular complexity index is 385. The molecule has 1 aliphatic rings. The molecule has 0 bridgehead atoms. The van der Waals surface area contributed by atoms with Crippen LogP contribution in [0.4, 0.5) is 5.95 Å². The van der Waals surface area contributed by atoms with Crippen LogP contribution in [0, 0.1) is 11.8 Å². The van der Waals surface area contributed by atoms with Crippen molar-refractivity contribution >= 4 is 5.95 Å². The highest BCUT2D eigenvalue weighted by atomic mass is 15.2. The molecule has 2 rings (SSSR count). The van der Waals surface area contributed by atoms with Crippen LogP contribution in [-0.2, 0) is 6.54 Å². The van der Waals surface area contributed by atoms with E-state index >= 15 is 0 Å². The fourth-order valence-electron chi connectivity index (χ4n) is 2.27. The van der Waals surface area contributed by atoms with Gasteiger partial charge in [0.1, 0.15) is 0 Å². The number of hydrogen-bond donors (Lipinski definition) is 1. The van der Waals surface area contributed by atoms with Gasteiger partial charge in [0, 0.05) is 43.6 Å². The van der Waals surface area contributed by atoms with Gasteiger partial charge in [0.25, 0.3) is 0 Å². The summed E-state index contributed by atoms with van der Waals surface area (Å²) < 4.78 is 0. The number of nitrogens with one attached hydrogen (secondary N) is 1. The van der Waals surface area contributed by atoms with Crippen molar-refractivity contribution in [1.29, 1.82) is 0 Å². The van der Waals surface area contributed by atoms with Crippen LogP contribution in [0.3, 0.4) is 0 Å². The summed E-state index contributed by atoms with van der Waals surface area (Å²) in [4.78, 5) is 11.4. The third-order valence-corrected chi connectivity index (χ3v) is 3.32. The molecule has 1 aromatic rings. The van der Waals surface area contributed by atoms with Gasteiger partial charge in [-0.05, 0) is 24.7 Å². The molecule has 1 saturated carbocycles. The molecule has 0 aliphatic heterocycles. The molecule has 1 aliphatic carbocycles. The van der Waals surface area contributed by atoms with Crippen molar-refractivity contribution in [3.8, 4) is 0 Å². The van der Waals surface area contributed by atoms with Crippen LogP contribution in [0.5, 0.6) is 0 Å². The van der Waals surface area contributed by atoms with Crippen molar-refractivity contribution in [2.45, 2.75) is 53.1 Å². The molecule has 1 aromatic heterocycles. The Kier molecular flexibility index (Phi) is 5.35. The minimum atomic E-state index is 0.619. The number of aromatic nitrogens is 2. The van der Waals surface area contributed by atoms with Crippen molar-refractivity contribution in [1.82, 2.24) is 15.3 Å². The number of hydrogen-bond acceptors (Lipinski definition) is 4. The first-order valence-corrected chi connectivity index (χ1v) is 7.84. The summed E-state index contributed by atoms with van der Waals surface area (Å²) in [6.07, 6.45) is 6.56. The maximum absolute atomic E-state index is 4.56. The standard InChI is InChI=1S/C16H28N4/c1-12(2)10-20(11-13(3)4)16-18-8-14(9-19-16)7-17-15-5-6-15/h8-9,12-13,15,17H,5-7,10-11H2,1-4H3. The lowest BCUT2D eigenvalue weighted by atomic mass is 10.1. The molecule has 20 heavy (non-hydrogen) atoms. The van der Waals surface area contributed by atoms with Crippen molar-refractivity contribution < 1.29 is 0 Å². The van der Waals surface area contributed by atoms with Gasteiger partial charge in [-0.15, -0.1) is 0 Å². The maximum atomic E-state index is 4.56. The summed E-state index contributed by atoms with van der Waals surface area (Å²) in [5.41, 5.74) is 1.18. The molecule has 0 aromatic carbocycles. The van der Waals surface area contributed by atoms with Crippen LogP contribution in [-0.4, -0.2) is 29.1 Å². The molecule has 0 amide bonds.